The van der Waals surface area contributed by atoms with Gasteiger partial charge in [-0.2, -0.15) is 11.3 Å². The van der Waals surface area contributed by atoms with Gasteiger partial charge in [-0.25, -0.2) is 8.42 Å². The SMILES string of the molecule is CC(C)C(C)S(=O)(=O)CCNCCc1ccsc1. The van der Waals surface area contributed by atoms with Crippen LogP contribution < -0.4 is 5.32 Å². The quantitative estimate of drug-likeness (QED) is 0.747. The molecule has 18 heavy (non-hydrogen) atoms. The first-order chi connectivity index (χ1) is 8.43. The molecule has 1 aromatic heterocycles. The molecule has 1 aromatic rings. The third-order valence-corrected chi connectivity index (χ3v) is 6.42. The highest BCUT2D eigenvalue weighted by atomic mass is 32.2. The van der Waals surface area contributed by atoms with Crippen LogP contribution in [0, 0.1) is 5.92 Å². The van der Waals surface area contributed by atoms with E-state index in [2.05, 4.69) is 22.1 Å². The Bertz CT molecular complexity index is 424. The van der Waals surface area contributed by atoms with Crippen molar-refractivity contribution in [2.75, 3.05) is 18.8 Å². The summed E-state index contributed by atoms with van der Waals surface area (Å²) in [6.45, 7) is 7.08. The molecule has 3 nitrogen and oxygen atoms in total. The zero-order valence-corrected chi connectivity index (χ0v) is 13.0. The minimum atomic E-state index is -2.95. The summed E-state index contributed by atoms with van der Waals surface area (Å²) in [5.74, 6) is 0.413. The molecular formula is C13H23NO2S2. The Kier molecular flexibility index (Phi) is 6.32. The van der Waals surface area contributed by atoms with E-state index in [9.17, 15) is 8.42 Å². The van der Waals surface area contributed by atoms with Crippen LogP contribution in [0.25, 0.3) is 0 Å². The first-order valence-electron chi connectivity index (χ1n) is 6.37. The Morgan fingerprint density at radius 2 is 2.00 bits per heavy atom. The summed E-state index contributed by atoms with van der Waals surface area (Å²) in [5.41, 5.74) is 1.31. The maximum Gasteiger partial charge on any atom is 0.154 e. The molecule has 0 saturated carbocycles. The molecule has 0 fully saturated rings. The van der Waals surface area contributed by atoms with Crippen LogP contribution in [-0.2, 0) is 16.3 Å². The zero-order chi connectivity index (χ0) is 13.6. The van der Waals surface area contributed by atoms with E-state index in [1.54, 1.807) is 18.3 Å². The molecule has 0 radical (unpaired) electrons. The molecule has 1 unspecified atom stereocenters. The Morgan fingerprint density at radius 1 is 1.28 bits per heavy atom. The molecule has 1 heterocycles. The van der Waals surface area contributed by atoms with E-state index < -0.39 is 9.84 Å². The number of sulfone groups is 1. The molecule has 1 N–H and O–H groups in total. The molecule has 1 atom stereocenters. The molecule has 0 aliphatic rings. The predicted octanol–water partition coefficient (Wildman–Crippen LogP) is 2.34. The fourth-order valence-corrected chi connectivity index (χ4v) is 3.94. The van der Waals surface area contributed by atoms with E-state index in [1.807, 2.05) is 13.8 Å². The lowest BCUT2D eigenvalue weighted by Gasteiger charge is -2.16. The lowest BCUT2D eigenvalue weighted by Crippen LogP contribution is -2.32. The van der Waals surface area contributed by atoms with Gasteiger partial charge in [-0.1, -0.05) is 13.8 Å². The van der Waals surface area contributed by atoms with Gasteiger partial charge in [-0.05, 0) is 48.2 Å². The largest absolute Gasteiger partial charge is 0.315 e. The topological polar surface area (TPSA) is 46.2 Å². The maximum absolute atomic E-state index is 11.9. The van der Waals surface area contributed by atoms with Gasteiger partial charge in [0.2, 0.25) is 0 Å². The fourth-order valence-electron chi connectivity index (χ4n) is 1.61. The molecule has 0 saturated heterocycles. The number of nitrogens with one attached hydrogen (secondary N) is 1. The number of hydrogen-bond donors (Lipinski definition) is 1. The van der Waals surface area contributed by atoms with Crippen molar-refractivity contribution in [2.24, 2.45) is 5.92 Å². The van der Waals surface area contributed by atoms with Crippen molar-refractivity contribution in [1.82, 2.24) is 5.32 Å². The summed E-state index contributed by atoms with van der Waals surface area (Å²) < 4.78 is 23.9. The Morgan fingerprint density at radius 3 is 2.56 bits per heavy atom. The highest BCUT2D eigenvalue weighted by Gasteiger charge is 2.22. The van der Waals surface area contributed by atoms with Crippen molar-refractivity contribution in [3.63, 3.8) is 0 Å². The van der Waals surface area contributed by atoms with Crippen molar-refractivity contribution < 1.29 is 8.42 Å². The van der Waals surface area contributed by atoms with Gasteiger partial charge in [-0.15, -0.1) is 0 Å². The summed E-state index contributed by atoms with van der Waals surface area (Å²) in [7, 11) is -2.95. The fraction of sp³-hybridized carbons (Fsp3) is 0.692. The third kappa shape index (κ3) is 5.08. The number of hydrogen-bond acceptors (Lipinski definition) is 4. The standard InChI is InChI=1S/C13H23NO2S2/c1-11(2)12(3)18(15,16)9-7-14-6-4-13-5-8-17-10-13/h5,8,10-12,14H,4,6-7,9H2,1-3H3. The van der Waals surface area contributed by atoms with E-state index in [0.717, 1.165) is 13.0 Å². The van der Waals surface area contributed by atoms with Crippen molar-refractivity contribution in [3.8, 4) is 0 Å². The van der Waals surface area contributed by atoms with Crippen LogP contribution in [0.3, 0.4) is 0 Å². The maximum atomic E-state index is 11.9. The van der Waals surface area contributed by atoms with Crippen molar-refractivity contribution in [3.05, 3.63) is 22.4 Å². The smallest absolute Gasteiger partial charge is 0.154 e. The highest BCUT2D eigenvalue weighted by Crippen LogP contribution is 2.11. The average Bonchev–Trinajstić information content (AvgIpc) is 2.80. The Balaban J connectivity index is 2.21. The molecular weight excluding hydrogens is 266 g/mol. The average molecular weight is 289 g/mol. The van der Waals surface area contributed by atoms with E-state index >= 15 is 0 Å². The van der Waals surface area contributed by atoms with E-state index in [-0.39, 0.29) is 16.9 Å². The minimum absolute atomic E-state index is 0.181. The summed E-state index contributed by atoms with van der Waals surface area (Å²) in [6.07, 6.45) is 0.962. The molecule has 0 aliphatic heterocycles. The number of rotatable bonds is 8. The molecule has 0 bridgehead atoms. The first-order valence-corrected chi connectivity index (χ1v) is 9.02. The van der Waals surface area contributed by atoms with E-state index in [1.165, 1.54) is 5.56 Å². The van der Waals surface area contributed by atoms with Crippen LogP contribution in [0.1, 0.15) is 26.3 Å². The van der Waals surface area contributed by atoms with Crippen LogP contribution in [-0.4, -0.2) is 32.5 Å². The molecule has 104 valence electrons. The van der Waals surface area contributed by atoms with Crippen molar-refractivity contribution in [2.45, 2.75) is 32.4 Å². The summed E-state index contributed by atoms with van der Waals surface area (Å²) >= 11 is 1.69. The zero-order valence-electron chi connectivity index (χ0n) is 11.3. The third-order valence-electron chi connectivity index (χ3n) is 3.24. The Labute approximate surface area is 115 Å². The number of thiophene rings is 1. The monoisotopic (exact) mass is 289 g/mol. The molecule has 0 amide bonds. The van der Waals surface area contributed by atoms with Crippen LogP contribution in [0.15, 0.2) is 16.8 Å². The first kappa shape index (κ1) is 15.7. The van der Waals surface area contributed by atoms with Crippen LogP contribution in [0.5, 0.6) is 0 Å². The molecule has 0 aromatic carbocycles. The minimum Gasteiger partial charge on any atom is -0.315 e. The van der Waals surface area contributed by atoms with Crippen LogP contribution in [0.4, 0.5) is 0 Å². The van der Waals surface area contributed by atoms with Gasteiger partial charge in [0, 0.05) is 6.54 Å². The van der Waals surface area contributed by atoms with Gasteiger partial charge < -0.3 is 5.32 Å². The van der Waals surface area contributed by atoms with Gasteiger partial charge in [0.15, 0.2) is 9.84 Å². The molecule has 5 heteroatoms. The van der Waals surface area contributed by atoms with Gasteiger partial charge >= 0.3 is 0 Å². The molecule has 0 spiro atoms. The summed E-state index contributed by atoms with van der Waals surface area (Å²) in [6, 6.07) is 2.10. The van der Waals surface area contributed by atoms with E-state index in [4.69, 9.17) is 0 Å². The molecule has 1 rings (SSSR count). The second-order valence-corrected chi connectivity index (χ2v) is 8.21. The van der Waals surface area contributed by atoms with Crippen LogP contribution >= 0.6 is 11.3 Å². The van der Waals surface area contributed by atoms with E-state index in [0.29, 0.717) is 6.54 Å². The van der Waals surface area contributed by atoms with Crippen molar-refractivity contribution in [1.29, 1.82) is 0 Å². The van der Waals surface area contributed by atoms with Crippen LogP contribution in [0.2, 0.25) is 0 Å². The van der Waals surface area contributed by atoms with Gasteiger partial charge in [0.25, 0.3) is 0 Å². The normalized spacial score (nSPS) is 14.0. The van der Waals surface area contributed by atoms with Gasteiger partial charge in [0.05, 0.1) is 11.0 Å². The summed E-state index contributed by atoms with van der Waals surface area (Å²) in [5, 5.41) is 7.13. The van der Waals surface area contributed by atoms with Gasteiger partial charge in [0.1, 0.15) is 0 Å². The predicted molar refractivity (Wildman–Crippen MR) is 79.0 cm³/mol. The Hall–Kier alpha value is -0.390. The second kappa shape index (κ2) is 7.26. The second-order valence-electron chi connectivity index (χ2n) is 4.95. The highest BCUT2D eigenvalue weighted by molar-refractivity contribution is 7.92. The lowest BCUT2D eigenvalue weighted by molar-refractivity contribution is 0.543. The van der Waals surface area contributed by atoms with Gasteiger partial charge in [-0.3, -0.25) is 0 Å². The lowest BCUT2D eigenvalue weighted by atomic mass is 10.2. The van der Waals surface area contributed by atoms with Crippen molar-refractivity contribution >= 4 is 21.2 Å². The summed E-state index contributed by atoms with van der Waals surface area (Å²) in [4.78, 5) is 0. The molecule has 0 aliphatic carbocycles.